The van der Waals surface area contributed by atoms with Crippen LogP contribution in [-0.2, 0) is 19.1 Å². The third kappa shape index (κ3) is 6.21. The fourth-order valence-electron chi connectivity index (χ4n) is 0.734. The number of ether oxygens (including phenoxy) is 2. The molecule has 0 fully saturated rings. The second-order valence-electron chi connectivity index (χ2n) is 3.38. The number of hydrogen-bond donors (Lipinski definition) is 0. The molecule has 18 heavy (non-hydrogen) atoms. The van der Waals surface area contributed by atoms with Crippen LogP contribution in [0.25, 0.3) is 0 Å². The van der Waals surface area contributed by atoms with E-state index in [1.54, 1.807) is 0 Å². The third-order valence-electron chi connectivity index (χ3n) is 1.63. The summed E-state index contributed by atoms with van der Waals surface area (Å²) >= 11 is 0. The molecule has 4 nitrogen and oxygen atoms in total. The lowest BCUT2D eigenvalue weighted by Gasteiger charge is -2.14. The molecule has 0 aliphatic carbocycles. The lowest BCUT2D eigenvalue weighted by atomic mass is 10.2. The zero-order valence-corrected chi connectivity index (χ0v) is 9.55. The van der Waals surface area contributed by atoms with Crippen LogP contribution >= 0.6 is 0 Å². The number of carbonyl (C=O) groups excluding carboxylic acids is 2. The zero-order valence-electron chi connectivity index (χ0n) is 9.55. The van der Waals surface area contributed by atoms with Gasteiger partial charge in [0, 0.05) is 5.57 Å². The van der Waals surface area contributed by atoms with Gasteiger partial charge in [0.05, 0.1) is 0 Å². The molecular formula is C10H12F4O4. The Hall–Kier alpha value is -1.60. The minimum Gasteiger partial charge on any atom is -0.462 e. The van der Waals surface area contributed by atoms with Crippen molar-refractivity contribution in [1.29, 1.82) is 0 Å². The standard InChI is InChI=1S/C10H12F4O4/c1-6(2)8(16)18-4-3-17-7(15)5-10(13,14)9(11)12/h9H,1,3-5H2,2H3. The van der Waals surface area contributed by atoms with E-state index in [1.807, 2.05) is 0 Å². The monoisotopic (exact) mass is 272 g/mol. The summed E-state index contributed by atoms with van der Waals surface area (Å²) in [4.78, 5) is 21.6. The molecule has 0 rings (SSSR count). The number of esters is 2. The van der Waals surface area contributed by atoms with Crippen LogP contribution in [0.15, 0.2) is 12.2 Å². The molecule has 0 aromatic rings. The van der Waals surface area contributed by atoms with Crippen molar-refractivity contribution in [1.82, 2.24) is 0 Å². The predicted octanol–water partition coefficient (Wildman–Crippen LogP) is 1.94. The van der Waals surface area contributed by atoms with Crippen LogP contribution in [0.2, 0.25) is 0 Å². The van der Waals surface area contributed by atoms with Gasteiger partial charge < -0.3 is 9.47 Å². The van der Waals surface area contributed by atoms with Crippen LogP contribution < -0.4 is 0 Å². The fraction of sp³-hybridized carbons (Fsp3) is 0.600. The van der Waals surface area contributed by atoms with E-state index in [-0.39, 0.29) is 12.2 Å². The maximum Gasteiger partial charge on any atom is 0.333 e. The molecule has 0 spiro atoms. The Morgan fingerprint density at radius 3 is 2.17 bits per heavy atom. The summed E-state index contributed by atoms with van der Waals surface area (Å²) in [6.45, 7) is 3.81. The first-order valence-electron chi connectivity index (χ1n) is 4.81. The molecule has 0 aromatic carbocycles. The van der Waals surface area contributed by atoms with Crippen molar-refractivity contribution >= 4 is 11.9 Å². The predicted molar refractivity (Wildman–Crippen MR) is 52.3 cm³/mol. The summed E-state index contributed by atoms with van der Waals surface area (Å²) in [5.41, 5.74) is 0.116. The van der Waals surface area contributed by atoms with Crippen molar-refractivity contribution in [3.8, 4) is 0 Å². The second kappa shape index (κ2) is 6.97. The molecule has 104 valence electrons. The Kier molecular flexibility index (Phi) is 6.35. The molecule has 0 aliphatic heterocycles. The summed E-state index contributed by atoms with van der Waals surface area (Å²) in [5.74, 6) is -6.65. The minimum atomic E-state index is -4.43. The number of rotatable bonds is 7. The molecule has 8 heteroatoms. The van der Waals surface area contributed by atoms with Gasteiger partial charge in [-0.2, -0.15) is 8.78 Å². The molecule has 0 saturated carbocycles. The van der Waals surface area contributed by atoms with Crippen molar-refractivity contribution in [2.45, 2.75) is 25.7 Å². The summed E-state index contributed by atoms with van der Waals surface area (Å²) in [6, 6.07) is 0. The highest BCUT2D eigenvalue weighted by molar-refractivity contribution is 5.86. The molecule has 0 amide bonds. The van der Waals surface area contributed by atoms with Crippen molar-refractivity contribution in [2.75, 3.05) is 13.2 Å². The summed E-state index contributed by atoms with van der Waals surface area (Å²) in [5, 5.41) is 0. The van der Waals surface area contributed by atoms with E-state index < -0.39 is 37.3 Å². The first-order chi connectivity index (χ1) is 8.16. The van der Waals surface area contributed by atoms with E-state index in [1.165, 1.54) is 6.92 Å². The van der Waals surface area contributed by atoms with Gasteiger partial charge in [-0.3, -0.25) is 4.79 Å². The van der Waals surface area contributed by atoms with Crippen LogP contribution in [0.4, 0.5) is 17.6 Å². The number of alkyl halides is 4. The van der Waals surface area contributed by atoms with E-state index >= 15 is 0 Å². The molecule has 0 unspecified atom stereocenters. The number of carbonyl (C=O) groups is 2. The molecule has 0 saturated heterocycles. The normalized spacial score (nSPS) is 11.2. The van der Waals surface area contributed by atoms with Crippen LogP contribution in [0.5, 0.6) is 0 Å². The number of halogens is 4. The van der Waals surface area contributed by atoms with Gasteiger partial charge in [-0.05, 0) is 6.92 Å². The van der Waals surface area contributed by atoms with E-state index in [4.69, 9.17) is 0 Å². The van der Waals surface area contributed by atoms with Crippen molar-refractivity contribution in [2.24, 2.45) is 0 Å². The first-order valence-corrected chi connectivity index (χ1v) is 4.81. The lowest BCUT2D eigenvalue weighted by Crippen LogP contribution is -2.30. The molecule has 0 atom stereocenters. The summed E-state index contributed by atoms with van der Waals surface area (Å²) in [7, 11) is 0. The summed E-state index contributed by atoms with van der Waals surface area (Å²) < 4.78 is 56.9. The maximum absolute atomic E-state index is 12.4. The van der Waals surface area contributed by atoms with Gasteiger partial charge in [0.1, 0.15) is 19.6 Å². The van der Waals surface area contributed by atoms with Crippen LogP contribution in [0.3, 0.4) is 0 Å². The maximum atomic E-state index is 12.4. The molecule has 0 N–H and O–H groups in total. The highest BCUT2D eigenvalue weighted by atomic mass is 19.3. The molecular weight excluding hydrogens is 260 g/mol. The second-order valence-corrected chi connectivity index (χ2v) is 3.38. The molecule has 0 heterocycles. The van der Waals surface area contributed by atoms with Gasteiger partial charge in [-0.1, -0.05) is 6.58 Å². The van der Waals surface area contributed by atoms with E-state index in [2.05, 4.69) is 16.1 Å². The van der Waals surface area contributed by atoms with Gasteiger partial charge in [-0.25, -0.2) is 13.6 Å². The fourth-order valence-corrected chi connectivity index (χ4v) is 0.734. The van der Waals surface area contributed by atoms with E-state index in [0.717, 1.165) is 0 Å². The topological polar surface area (TPSA) is 52.6 Å². The highest BCUT2D eigenvalue weighted by Crippen LogP contribution is 2.26. The Labute approximate surface area is 101 Å². The largest absolute Gasteiger partial charge is 0.462 e. The van der Waals surface area contributed by atoms with Gasteiger partial charge in [-0.15, -0.1) is 0 Å². The first kappa shape index (κ1) is 16.4. The molecule has 0 bridgehead atoms. The van der Waals surface area contributed by atoms with Gasteiger partial charge in [0.2, 0.25) is 0 Å². The Bertz CT molecular complexity index is 328. The number of hydrogen-bond acceptors (Lipinski definition) is 4. The van der Waals surface area contributed by atoms with Crippen LogP contribution in [0.1, 0.15) is 13.3 Å². The van der Waals surface area contributed by atoms with Gasteiger partial charge in [0.25, 0.3) is 0 Å². The highest BCUT2D eigenvalue weighted by Gasteiger charge is 2.43. The molecule has 0 radical (unpaired) electrons. The zero-order chi connectivity index (χ0) is 14.3. The smallest absolute Gasteiger partial charge is 0.333 e. The third-order valence-corrected chi connectivity index (χ3v) is 1.63. The van der Waals surface area contributed by atoms with Gasteiger partial charge in [0.15, 0.2) is 0 Å². The van der Waals surface area contributed by atoms with Crippen molar-refractivity contribution in [3.05, 3.63) is 12.2 Å². The molecule has 0 aromatic heterocycles. The average molecular weight is 272 g/mol. The Morgan fingerprint density at radius 1 is 1.22 bits per heavy atom. The van der Waals surface area contributed by atoms with Crippen molar-refractivity contribution < 1.29 is 36.6 Å². The van der Waals surface area contributed by atoms with Gasteiger partial charge >= 0.3 is 24.3 Å². The van der Waals surface area contributed by atoms with E-state index in [0.29, 0.717) is 0 Å². The molecule has 0 aliphatic rings. The van der Waals surface area contributed by atoms with Crippen molar-refractivity contribution in [3.63, 3.8) is 0 Å². The lowest BCUT2D eigenvalue weighted by molar-refractivity contribution is -0.170. The minimum absolute atomic E-state index is 0.116. The SMILES string of the molecule is C=C(C)C(=O)OCCOC(=O)CC(F)(F)C(F)F. The quantitative estimate of drug-likeness (QED) is 0.307. The van der Waals surface area contributed by atoms with Crippen LogP contribution in [-0.4, -0.2) is 37.5 Å². The Morgan fingerprint density at radius 2 is 1.72 bits per heavy atom. The summed E-state index contributed by atoms with van der Waals surface area (Å²) in [6.07, 6.45) is -5.66. The van der Waals surface area contributed by atoms with E-state index in [9.17, 15) is 27.2 Å². The average Bonchev–Trinajstić information content (AvgIpc) is 2.22. The van der Waals surface area contributed by atoms with Crippen LogP contribution in [0, 0.1) is 0 Å². The Balaban J connectivity index is 3.86.